The van der Waals surface area contributed by atoms with Gasteiger partial charge in [0, 0.05) is 6.42 Å². The fourth-order valence-corrected chi connectivity index (χ4v) is 1.80. The third-order valence-corrected chi connectivity index (χ3v) is 2.84. The van der Waals surface area contributed by atoms with E-state index in [0.717, 1.165) is 16.9 Å². The van der Waals surface area contributed by atoms with E-state index in [0.29, 0.717) is 13.0 Å². The van der Waals surface area contributed by atoms with E-state index in [9.17, 15) is 0 Å². The van der Waals surface area contributed by atoms with Gasteiger partial charge in [-0.05, 0) is 23.3 Å². The summed E-state index contributed by atoms with van der Waals surface area (Å²) in [5.41, 5.74) is 2.09. The highest BCUT2D eigenvalue weighted by Crippen LogP contribution is 2.15. The number of benzene rings is 2. The highest BCUT2D eigenvalue weighted by molar-refractivity contribution is 6.65. The van der Waals surface area contributed by atoms with Crippen molar-refractivity contribution in [1.82, 2.24) is 0 Å². The lowest BCUT2D eigenvalue weighted by atomic mass is 10.1. The van der Waals surface area contributed by atoms with Crippen molar-refractivity contribution in [3.8, 4) is 5.75 Å². The topological polar surface area (TPSA) is 41.8 Å². The van der Waals surface area contributed by atoms with Crippen molar-refractivity contribution in [2.45, 2.75) is 13.0 Å². The van der Waals surface area contributed by atoms with Crippen LogP contribution in [0.4, 0.5) is 0 Å². The van der Waals surface area contributed by atoms with Crippen LogP contribution in [-0.2, 0) is 13.0 Å². The summed E-state index contributed by atoms with van der Waals surface area (Å²) in [6.07, 6.45) is 0.414. The number of ether oxygens (including phenoxy) is 1. The molecule has 0 spiro atoms. The maximum Gasteiger partial charge on any atom is 0.149 e. The van der Waals surface area contributed by atoms with E-state index in [1.807, 2.05) is 54.6 Å². The Morgan fingerprint density at radius 2 is 1.68 bits per heavy atom. The lowest BCUT2D eigenvalue weighted by Crippen LogP contribution is -1.97. The monoisotopic (exact) mass is 275 g/mol. The molecule has 0 heterocycles. The molecular weight excluding hydrogens is 262 g/mol. The minimum absolute atomic E-state index is 0.165. The van der Waals surface area contributed by atoms with Crippen LogP contribution in [-0.4, -0.2) is 10.4 Å². The van der Waals surface area contributed by atoms with Crippen LogP contribution in [0.5, 0.6) is 5.75 Å². The summed E-state index contributed by atoms with van der Waals surface area (Å²) in [5, 5.41) is 11.6. The van der Waals surface area contributed by atoms with Gasteiger partial charge in [-0.3, -0.25) is 0 Å². The predicted molar refractivity (Wildman–Crippen MR) is 76.0 cm³/mol. The number of halogens is 1. The quantitative estimate of drug-likeness (QED) is 0.512. The molecule has 0 aliphatic rings. The smallest absolute Gasteiger partial charge is 0.149 e. The van der Waals surface area contributed by atoms with Crippen molar-refractivity contribution in [1.29, 1.82) is 0 Å². The van der Waals surface area contributed by atoms with Crippen LogP contribution in [0, 0.1) is 0 Å². The molecule has 0 amide bonds. The zero-order chi connectivity index (χ0) is 13.5. The minimum atomic E-state index is 0.165. The summed E-state index contributed by atoms with van der Waals surface area (Å²) in [6, 6.07) is 17.5. The molecule has 1 N–H and O–H groups in total. The van der Waals surface area contributed by atoms with Crippen molar-refractivity contribution in [2.24, 2.45) is 5.16 Å². The molecule has 0 saturated heterocycles. The first-order valence-electron chi connectivity index (χ1n) is 5.90. The second kappa shape index (κ2) is 6.81. The molecule has 0 aliphatic carbocycles. The highest BCUT2D eigenvalue weighted by atomic mass is 35.5. The minimum Gasteiger partial charge on any atom is -0.489 e. The predicted octanol–water partition coefficient (Wildman–Crippen LogP) is 3.83. The number of hydrogen-bond acceptors (Lipinski definition) is 3. The first-order chi connectivity index (χ1) is 9.28. The van der Waals surface area contributed by atoms with Gasteiger partial charge in [-0.25, -0.2) is 0 Å². The molecule has 98 valence electrons. The van der Waals surface area contributed by atoms with Gasteiger partial charge in [0.1, 0.15) is 17.5 Å². The Morgan fingerprint density at radius 1 is 1.00 bits per heavy atom. The van der Waals surface area contributed by atoms with Gasteiger partial charge in [0.15, 0.2) is 0 Å². The zero-order valence-electron chi connectivity index (χ0n) is 10.3. The Balaban J connectivity index is 1.92. The molecule has 19 heavy (non-hydrogen) atoms. The lowest BCUT2D eigenvalue weighted by Gasteiger charge is -2.07. The van der Waals surface area contributed by atoms with Crippen LogP contribution in [0.3, 0.4) is 0 Å². The molecular formula is C15H14ClNO2. The van der Waals surface area contributed by atoms with E-state index < -0.39 is 0 Å². The maximum atomic E-state index is 8.49. The zero-order valence-corrected chi connectivity index (χ0v) is 11.0. The highest BCUT2D eigenvalue weighted by Gasteiger charge is 2.00. The summed E-state index contributed by atoms with van der Waals surface area (Å²) in [4.78, 5) is 0. The maximum absolute atomic E-state index is 8.49. The van der Waals surface area contributed by atoms with Crippen LogP contribution in [0.15, 0.2) is 59.8 Å². The number of hydrogen-bond donors (Lipinski definition) is 1. The van der Waals surface area contributed by atoms with Gasteiger partial charge in [-0.1, -0.05) is 59.2 Å². The standard InChI is InChI=1S/C15H14ClNO2/c16-15(17-18)10-12-6-8-14(9-7-12)19-11-13-4-2-1-3-5-13/h1-9,18H,10-11H2/b17-15+. The average Bonchev–Trinajstić information content (AvgIpc) is 2.47. The van der Waals surface area contributed by atoms with E-state index in [4.69, 9.17) is 21.5 Å². The molecule has 0 fully saturated rings. The van der Waals surface area contributed by atoms with Crippen molar-refractivity contribution >= 4 is 16.8 Å². The van der Waals surface area contributed by atoms with Crippen molar-refractivity contribution in [3.63, 3.8) is 0 Å². The Bertz CT molecular complexity index is 538. The molecule has 3 nitrogen and oxygen atoms in total. The van der Waals surface area contributed by atoms with E-state index in [2.05, 4.69) is 5.16 Å². The second-order valence-electron chi connectivity index (χ2n) is 4.07. The van der Waals surface area contributed by atoms with E-state index in [1.165, 1.54) is 0 Å². The van der Waals surface area contributed by atoms with Gasteiger partial charge in [0.2, 0.25) is 0 Å². The van der Waals surface area contributed by atoms with Crippen molar-refractivity contribution in [3.05, 3.63) is 65.7 Å². The Morgan fingerprint density at radius 3 is 2.32 bits per heavy atom. The SMILES string of the molecule is O/N=C(/Cl)Cc1ccc(OCc2ccccc2)cc1. The molecule has 0 bridgehead atoms. The van der Waals surface area contributed by atoms with Gasteiger partial charge in [-0.15, -0.1) is 0 Å². The molecule has 2 aromatic rings. The lowest BCUT2D eigenvalue weighted by molar-refractivity contribution is 0.306. The first kappa shape index (κ1) is 13.4. The Kier molecular flexibility index (Phi) is 4.81. The van der Waals surface area contributed by atoms with Crippen molar-refractivity contribution in [2.75, 3.05) is 0 Å². The fourth-order valence-electron chi connectivity index (χ4n) is 1.65. The molecule has 4 heteroatoms. The normalized spacial score (nSPS) is 11.3. The summed E-state index contributed by atoms with van der Waals surface area (Å²) in [7, 11) is 0. The van der Waals surface area contributed by atoms with E-state index in [1.54, 1.807) is 0 Å². The van der Waals surface area contributed by atoms with Crippen molar-refractivity contribution < 1.29 is 9.94 Å². The first-order valence-corrected chi connectivity index (χ1v) is 6.28. The Labute approximate surface area is 117 Å². The van der Waals surface area contributed by atoms with Gasteiger partial charge < -0.3 is 9.94 Å². The molecule has 0 aromatic heterocycles. The molecule has 0 radical (unpaired) electrons. The third kappa shape index (κ3) is 4.30. The summed E-state index contributed by atoms with van der Waals surface area (Å²) >= 11 is 5.65. The molecule has 0 atom stereocenters. The Hall–Kier alpha value is -2.00. The molecule has 0 unspecified atom stereocenters. The van der Waals surface area contributed by atoms with Gasteiger partial charge in [0.25, 0.3) is 0 Å². The van der Waals surface area contributed by atoms with Gasteiger partial charge in [0.05, 0.1) is 0 Å². The molecule has 2 rings (SSSR count). The summed E-state index contributed by atoms with van der Waals surface area (Å²) in [6.45, 7) is 0.541. The van der Waals surface area contributed by atoms with E-state index >= 15 is 0 Å². The van der Waals surface area contributed by atoms with E-state index in [-0.39, 0.29) is 5.17 Å². The van der Waals surface area contributed by atoms with Crippen LogP contribution in [0.25, 0.3) is 0 Å². The van der Waals surface area contributed by atoms with Crippen LogP contribution < -0.4 is 4.74 Å². The average molecular weight is 276 g/mol. The van der Waals surface area contributed by atoms with Gasteiger partial charge in [-0.2, -0.15) is 0 Å². The van der Waals surface area contributed by atoms with Gasteiger partial charge >= 0.3 is 0 Å². The number of oxime groups is 1. The van der Waals surface area contributed by atoms with Crippen LogP contribution in [0.2, 0.25) is 0 Å². The summed E-state index contributed by atoms with van der Waals surface area (Å²) in [5.74, 6) is 0.796. The van der Waals surface area contributed by atoms with Crippen LogP contribution in [0.1, 0.15) is 11.1 Å². The number of rotatable bonds is 5. The summed E-state index contributed by atoms with van der Waals surface area (Å²) < 4.78 is 5.67. The molecule has 2 aromatic carbocycles. The third-order valence-electron chi connectivity index (χ3n) is 2.63. The largest absolute Gasteiger partial charge is 0.489 e. The number of nitrogens with zero attached hydrogens (tertiary/aromatic N) is 1. The second-order valence-corrected chi connectivity index (χ2v) is 4.51. The van der Waals surface area contributed by atoms with Crippen LogP contribution >= 0.6 is 11.6 Å². The molecule has 0 aliphatic heterocycles. The fraction of sp³-hybridized carbons (Fsp3) is 0.133. The molecule has 0 saturated carbocycles.